The quantitative estimate of drug-likeness (QED) is 0.394. The smallest absolute Gasteiger partial charge is 0.188 e. The summed E-state index contributed by atoms with van der Waals surface area (Å²) in [5.41, 5.74) is 9.54. The van der Waals surface area contributed by atoms with Gasteiger partial charge in [0.05, 0.1) is 0 Å². The number of aromatic nitrogens is 2. The maximum Gasteiger partial charge on any atom is 0.188 e. The molecule has 1 aromatic carbocycles. The van der Waals surface area contributed by atoms with Crippen LogP contribution in [0, 0.1) is 32.0 Å². The number of nitrogens with one attached hydrogen (secondary N) is 1. The molecule has 110 valence electrons. The topological polar surface area (TPSA) is 75.7 Å². The molecule has 0 saturated carbocycles. The van der Waals surface area contributed by atoms with Gasteiger partial charge in [-0.05, 0) is 50.1 Å². The van der Waals surface area contributed by atoms with Crippen molar-refractivity contribution in [1.82, 2.24) is 9.97 Å². The molecule has 4 nitrogen and oxygen atoms in total. The van der Waals surface area contributed by atoms with Crippen molar-refractivity contribution >= 4 is 17.6 Å². The van der Waals surface area contributed by atoms with E-state index in [1.165, 1.54) is 23.9 Å². The normalized spacial score (nSPS) is 10.7. The summed E-state index contributed by atoms with van der Waals surface area (Å²) < 4.78 is 13.5. The Labute approximate surface area is 127 Å². The molecule has 2 rings (SSSR count). The Kier molecular flexibility index (Phi) is 4.57. The van der Waals surface area contributed by atoms with Crippen molar-refractivity contribution in [3.63, 3.8) is 0 Å². The van der Waals surface area contributed by atoms with Crippen molar-refractivity contribution in [3.8, 4) is 0 Å². The molecule has 0 aliphatic carbocycles. The number of aryl methyl sites for hydroxylation is 2. The standard InChI is InChI=1S/C15H17FN4S/c1-8-9(2)19-15(20-10(8)3)21-7-11-4-12(14(17)18)6-13(16)5-11/h4-6H,7H2,1-3H3,(H3,17,18). The molecule has 1 aromatic heterocycles. The maximum atomic E-state index is 13.5. The Hall–Kier alpha value is -1.95. The Morgan fingerprint density at radius 1 is 1.19 bits per heavy atom. The van der Waals surface area contributed by atoms with E-state index in [0.29, 0.717) is 16.5 Å². The van der Waals surface area contributed by atoms with Crippen LogP contribution in [0.25, 0.3) is 0 Å². The summed E-state index contributed by atoms with van der Waals surface area (Å²) in [7, 11) is 0. The molecular formula is C15H17FN4S. The lowest BCUT2D eigenvalue weighted by Crippen LogP contribution is -2.11. The highest BCUT2D eigenvalue weighted by Crippen LogP contribution is 2.22. The first-order valence-electron chi connectivity index (χ1n) is 6.45. The number of halogens is 1. The number of hydrogen-bond donors (Lipinski definition) is 2. The van der Waals surface area contributed by atoms with Gasteiger partial charge in [-0.1, -0.05) is 11.8 Å². The second-order valence-corrected chi connectivity index (χ2v) is 5.80. The third-order valence-corrected chi connectivity index (χ3v) is 4.17. The molecule has 0 atom stereocenters. The highest BCUT2D eigenvalue weighted by atomic mass is 32.2. The van der Waals surface area contributed by atoms with E-state index in [-0.39, 0.29) is 5.84 Å². The molecule has 0 spiro atoms. The first-order valence-corrected chi connectivity index (χ1v) is 7.44. The Morgan fingerprint density at radius 2 is 1.81 bits per heavy atom. The van der Waals surface area contributed by atoms with Gasteiger partial charge in [-0.25, -0.2) is 14.4 Å². The van der Waals surface area contributed by atoms with E-state index in [2.05, 4.69) is 9.97 Å². The third kappa shape index (κ3) is 3.78. The number of thioether (sulfide) groups is 1. The summed E-state index contributed by atoms with van der Waals surface area (Å²) in [4.78, 5) is 8.84. The van der Waals surface area contributed by atoms with Gasteiger partial charge in [-0.2, -0.15) is 0 Å². The zero-order valence-electron chi connectivity index (χ0n) is 12.2. The van der Waals surface area contributed by atoms with Crippen LogP contribution in [0.15, 0.2) is 23.4 Å². The van der Waals surface area contributed by atoms with Crippen molar-refractivity contribution in [2.24, 2.45) is 5.73 Å². The van der Waals surface area contributed by atoms with Crippen molar-refractivity contribution in [2.75, 3.05) is 0 Å². The zero-order valence-corrected chi connectivity index (χ0v) is 13.0. The average molecular weight is 304 g/mol. The first-order chi connectivity index (χ1) is 9.86. The molecule has 0 amide bonds. The third-order valence-electron chi connectivity index (χ3n) is 3.25. The molecule has 0 saturated heterocycles. The molecule has 3 N–H and O–H groups in total. The predicted molar refractivity (Wildman–Crippen MR) is 83.2 cm³/mol. The van der Waals surface area contributed by atoms with Crippen molar-refractivity contribution in [1.29, 1.82) is 5.41 Å². The van der Waals surface area contributed by atoms with Crippen LogP contribution >= 0.6 is 11.8 Å². The van der Waals surface area contributed by atoms with Gasteiger partial charge in [0.15, 0.2) is 5.16 Å². The van der Waals surface area contributed by atoms with Gasteiger partial charge < -0.3 is 5.73 Å². The van der Waals surface area contributed by atoms with Crippen LogP contribution in [0.1, 0.15) is 28.1 Å². The summed E-state index contributed by atoms with van der Waals surface area (Å²) in [5.74, 6) is -0.00510. The second kappa shape index (κ2) is 6.22. The fraction of sp³-hybridized carbons (Fsp3) is 0.267. The lowest BCUT2D eigenvalue weighted by atomic mass is 10.1. The van der Waals surface area contributed by atoms with Crippen molar-refractivity contribution < 1.29 is 4.39 Å². The second-order valence-electron chi connectivity index (χ2n) is 4.85. The molecule has 0 bridgehead atoms. The number of benzene rings is 1. The molecule has 2 aromatic rings. The van der Waals surface area contributed by atoms with Gasteiger partial charge in [0.1, 0.15) is 11.7 Å². The van der Waals surface area contributed by atoms with Crippen LogP contribution < -0.4 is 5.73 Å². The SMILES string of the molecule is Cc1nc(SCc2cc(F)cc(C(=N)N)c2)nc(C)c1C. The fourth-order valence-corrected chi connectivity index (χ4v) is 2.71. The van der Waals surface area contributed by atoms with Gasteiger partial charge in [-0.3, -0.25) is 5.41 Å². The van der Waals surface area contributed by atoms with Crippen LogP contribution in [0.4, 0.5) is 4.39 Å². The number of nitrogen functional groups attached to an aromatic ring is 1. The summed E-state index contributed by atoms with van der Waals surface area (Å²) in [6.45, 7) is 5.89. The molecular weight excluding hydrogens is 287 g/mol. The Morgan fingerprint density at radius 3 is 2.38 bits per heavy atom. The highest BCUT2D eigenvalue weighted by Gasteiger charge is 2.08. The minimum absolute atomic E-state index is 0.140. The molecule has 6 heteroatoms. The zero-order chi connectivity index (χ0) is 15.6. The van der Waals surface area contributed by atoms with E-state index < -0.39 is 5.82 Å². The molecule has 0 aliphatic heterocycles. The summed E-state index contributed by atoms with van der Waals surface area (Å²) >= 11 is 1.44. The number of hydrogen-bond acceptors (Lipinski definition) is 4. The first kappa shape index (κ1) is 15.4. The van der Waals surface area contributed by atoms with Crippen LogP contribution in [-0.4, -0.2) is 15.8 Å². The fourth-order valence-electron chi connectivity index (χ4n) is 1.84. The van der Waals surface area contributed by atoms with E-state index in [1.807, 2.05) is 20.8 Å². The molecule has 0 radical (unpaired) electrons. The van der Waals surface area contributed by atoms with E-state index in [1.54, 1.807) is 6.07 Å². The summed E-state index contributed by atoms with van der Waals surface area (Å²) in [5, 5.41) is 8.06. The van der Waals surface area contributed by atoms with Crippen LogP contribution in [0.3, 0.4) is 0 Å². The van der Waals surface area contributed by atoms with E-state index in [9.17, 15) is 4.39 Å². The summed E-state index contributed by atoms with van der Waals surface area (Å²) in [6.07, 6.45) is 0. The Balaban J connectivity index is 2.18. The largest absolute Gasteiger partial charge is 0.384 e. The molecule has 1 heterocycles. The van der Waals surface area contributed by atoms with Crippen molar-refractivity contribution in [2.45, 2.75) is 31.7 Å². The van der Waals surface area contributed by atoms with Gasteiger partial charge in [0, 0.05) is 22.7 Å². The lowest BCUT2D eigenvalue weighted by Gasteiger charge is -2.08. The molecule has 21 heavy (non-hydrogen) atoms. The lowest BCUT2D eigenvalue weighted by molar-refractivity contribution is 0.626. The Bertz CT molecular complexity index is 677. The van der Waals surface area contributed by atoms with Crippen LogP contribution in [0.5, 0.6) is 0 Å². The number of nitrogens with zero attached hydrogens (tertiary/aromatic N) is 2. The van der Waals surface area contributed by atoms with Crippen molar-refractivity contribution in [3.05, 3.63) is 52.1 Å². The number of amidine groups is 1. The van der Waals surface area contributed by atoms with Crippen LogP contribution in [0.2, 0.25) is 0 Å². The van der Waals surface area contributed by atoms with Crippen LogP contribution in [-0.2, 0) is 5.75 Å². The molecule has 0 unspecified atom stereocenters. The number of nitrogens with two attached hydrogens (primary N) is 1. The van der Waals surface area contributed by atoms with Gasteiger partial charge in [-0.15, -0.1) is 0 Å². The van der Waals surface area contributed by atoms with Gasteiger partial charge in [0.25, 0.3) is 0 Å². The molecule has 0 fully saturated rings. The maximum absolute atomic E-state index is 13.5. The molecule has 0 aliphatic rings. The minimum Gasteiger partial charge on any atom is -0.384 e. The summed E-state index contributed by atoms with van der Waals surface area (Å²) in [6, 6.07) is 4.41. The minimum atomic E-state index is -0.393. The monoisotopic (exact) mass is 304 g/mol. The van der Waals surface area contributed by atoms with Gasteiger partial charge in [0.2, 0.25) is 0 Å². The highest BCUT2D eigenvalue weighted by molar-refractivity contribution is 7.98. The van der Waals surface area contributed by atoms with E-state index in [0.717, 1.165) is 22.5 Å². The van der Waals surface area contributed by atoms with E-state index in [4.69, 9.17) is 11.1 Å². The predicted octanol–water partition coefficient (Wildman–Crippen LogP) is 3.12. The number of rotatable bonds is 4. The average Bonchev–Trinajstić information content (AvgIpc) is 2.41. The van der Waals surface area contributed by atoms with Gasteiger partial charge >= 0.3 is 0 Å². The van der Waals surface area contributed by atoms with E-state index >= 15 is 0 Å².